The molecule has 0 aromatic heterocycles. The van der Waals surface area contributed by atoms with E-state index < -0.39 is 60.0 Å². The maximum atomic E-state index is 14.8. The maximum absolute atomic E-state index is 14.8. The Morgan fingerprint density at radius 1 is 1.03 bits per heavy atom. The zero-order valence-corrected chi connectivity index (χ0v) is 17.4. The number of benzene rings is 2. The molecule has 1 fully saturated rings. The van der Waals surface area contributed by atoms with Crippen molar-refractivity contribution in [2.45, 2.75) is 13.0 Å². The van der Waals surface area contributed by atoms with E-state index in [1.165, 1.54) is 9.80 Å². The van der Waals surface area contributed by atoms with Crippen molar-refractivity contribution in [3.63, 3.8) is 0 Å². The summed E-state index contributed by atoms with van der Waals surface area (Å²) in [6, 6.07) is 9.37. The Morgan fingerprint density at radius 2 is 1.64 bits per heavy atom. The summed E-state index contributed by atoms with van der Waals surface area (Å²) in [5.74, 6) is -4.79. The van der Waals surface area contributed by atoms with Gasteiger partial charge in [-0.15, -0.1) is 0 Å². The van der Waals surface area contributed by atoms with E-state index in [9.17, 15) is 31.9 Å². The Bertz CT molecular complexity index is 991. The number of amides is 3. The number of halogens is 4. The number of morpholine rings is 1. The molecule has 0 aliphatic carbocycles. The van der Waals surface area contributed by atoms with E-state index in [0.717, 1.165) is 12.1 Å². The van der Waals surface area contributed by atoms with Gasteiger partial charge >= 0.3 is 12.5 Å². The van der Waals surface area contributed by atoms with E-state index in [-0.39, 0.29) is 0 Å². The number of nitrogens with one attached hydrogen (secondary N) is 1. The Morgan fingerprint density at radius 3 is 2.21 bits per heavy atom. The molecule has 0 radical (unpaired) electrons. The predicted octanol–water partition coefficient (Wildman–Crippen LogP) is 2.99. The minimum atomic E-state index is -3.32. The molecule has 33 heavy (non-hydrogen) atoms. The highest BCUT2D eigenvalue weighted by molar-refractivity contribution is 5.99. The van der Waals surface area contributed by atoms with E-state index in [1.54, 1.807) is 35.6 Å². The minimum absolute atomic E-state index is 0.324. The number of anilines is 1. The lowest BCUT2D eigenvalue weighted by Gasteiger charge is -2.33. The highest BCUT2D eigenvalue weighted by atomic mass is 19.3. The van der Waals surface area contributed by atoms with E-state index in [0.29, 0.717) is 32.0 Å². The number of para-hydroxylation sites is 1. The van der Waals surface area contributed by atoms with E-state index in [2.05, 4.69) is 0 Å². The Balaban J connectivity index is 1.83. The molecule has 0 saturated carbocycles. The fraction of sp³-hybridized carbons (Fsp3) is 0.318. The number of hydrogen-bond acceptors (Lipinski definition) is 4. The van der Waals surface area contributed by atoms with Crippen LogP contribution in [0.25, 0.3) is 0 Å². The Labute approximate surface area is 186 Å². The number of alkyl halides is 2. The van der Waals surface area contributed by atoms with Gasteiger partial charge in [0.05, 0.1) is 26.3 Å². The number of carbonyl (C=O) groups is 3. The molecule has 0 spiro atoms. The molecule has 3 amide bonds. The maximum Gasteiger partial charge on any atom is 0.324 e. The molecule has 1 aliphatic heterocycles. The number of ketones is 1. The van der Waals surface area contributed by atoms with E-state index in [1.807, 2.05) is 0 Å². The van der Waals surface area contributed by atoms with Gasteiger partial charge in [-0.1, -0.05) is 18.2 Å². The van der Waals surface area contributed by atoms with Gasteiger partial charge in [0.15, 0.2) is 5.78 Å². The molecular weight excluding hydrogens is 446 g/mol. The first-order valence-electron chi connectivity index (χ1n) is 10.0. The third-order valence-electron chi connectivity index (χ3n) is 4.98. The van der Waals surface area contributed by atoms with Gasteiger partial charge in [-0.05, 0) is 24.3 Å². The monoisotopic (exact) mass is 467 g/mol. The van der Waals surface area contributed by atoms with Crippen molar-refractivity contribution in [2.24, 2.45) is 0 Å². The van der Waals surface area contributed by atoms with Crippen LogP contribution in [0, 0.1) is 11.6 Å². The first-order valence-corrected chi connectivity index (χ1v) is 10.0. The van der Waals surface area contributed by atoms with Crippen molar-refractivity contribution < 1.29 is 36.7 Å². The fourth-order valence-corrected chi connectivity index (χ4v) is 3.22. The van der Waals surface area contributed by atoms with Gasteiger partial charge in [0.1, 0.15) is 11.6 Å². The number of carbonyl (C=O) groups excluding carboxylic acids is 3. The third-order valence-corrected chi connectivity index (χ3v) is 4.98. The van der Waals surface area contributed by atoms with Crippen LogP contribution in [0.4, 0.5) is 28.0 Å². The number of ether oxygens (including phenoxy) is 1. The summed E-state index contributed by atoms with van der Waals surface area (Å²) in [5, 5.41) is 1.69. The minimum Gasteiger partial charge on any atom is -0.378 e. The Hall–Kier alpha value is -3.47. The number of Topliss-reactive ketones (excluding diaryl/α,β-unsaturated/α-hetero) is 1. The van der Waals surface area contributed by atoms with Gasteiger partial charge < -0.3 is 15.0 Å². The smallest absolute Gasteiger partial charge is 0.324 e. The number of rotatable bonds is 7. The quantitative estimate of drug-likeness (QED) is 0.502. The van der Waals surface area contributed by atoms with Crippen LogP contribution in [0.3, 0.4) is 0 Å². The number of hydrogen-bond donors (Lipinski definition) is 1. The van der Waals surface area contributed by atoms with Crippen molar-refractivity contribution in [3.05, 3.63) is 65.2 Å². The molecule has 0 unspecified atom stereocenters. The van der Waals surface area contributed by atoms with Crippen molar-refractivity contribution in [2.75, 3.05) is 37.7 Å². The van der Waals surface area contributed by atoms with Gasteiger partial charge in [0, 0.05) is 29.9 Å². The molecule has 1 heterocycles. The molecule has 11 heteroatoms. The van der Waals surface area contributed by atoms with Gasteiger partial charge in [0.25, 0.3) is 5.91 Å². The zero-order valence-electron chi connectivity index (χ0n) is 17.4. The van der Waals surface area contributed by atoms with Crippen LogP contribution in [0.5, 0.6) is 0 Å². The molecule has 2 aromatic rings. The second-order valence-corrected chi connectivity index (χ2v) is 7.16. The lowest BCUT2D eigenvalue weighted by molar-refractivity contribution is -0.131. The zero-order chi connectivity index (χ0) is 24.0. The topological polar surface area (TPSA) is 79.0 Å². The van der Waals surface area contributed by atoms with Crippen molar-refractivity contribution in [1.82, 2.24) is 10.2 Å². The van der Waals surface area contributed by atoms with Crippen molar-refractivity contribution in [1.29, 1.82) is 0 Å². The molecule has 0 atom stereocenters. The Kier molecular flexibility index (Phi) is 7.99. The van der Waals surface area contributed by atoms with Gasteiger partial charge in [-0.25, -0.2) is 13.6 Å². The molecule has 1 saturated heterocycles. The second-order valence-electron chi connectivity index (χ2n) is 7.16. The molecular formula is C22H21F4N3O4. The first-order chi connectivity index (χ1) is 15.8. The van der Waals surface area contributed by atoms with E-state index in [4.69, 9.17) is 4.74 Å². The van der Waals surface area contributed by atoms with Gasteiger partial charge in [0.2, 0.25) is 0 Å². The molecule has 176 valence electrons. The average molecular weight is 467 g/mol. The van der Waals surface area contributed by atoms with E-state index >= 15 is 0 Å². The second kappa shape index (κ2) is 10.9. The highest BCUT2D eigenvalue weighted by Crippen LogP contribution is 2.24. The summed E-state index contributed by atoms with van der Waals surface area (Å²) in [6.07, 6.45) is -3.32. The van der Waals surface area contributed by atoms with Crippen molar-refractivity contribution >= 4 is 23.4 Å². The van der Waals surface area contributed by atoms with Gasteiger partial charge in [-0.3, -0.25) is 14.5 Å². The standard InChI is InChI=1S/C22H21F4N3O4/c23-17-10-14(19(30)12-27-21(31)20(25)26)11-18(24)16(17)13-29(15-4-2-1-3-5-15)22(32)28-6-8-33-9-7-28/h1-5,10-11,20H,6-9,12-13H2,(H,27,31). The third kappa shape index (κ3) is 6.07. The van der Waals surface area contributed by atoms with Crippen LogP contribution in [0.1, 0.15) is 15.9 Å². The highest BCUT2D eigenvalue weighted by Gasteiger charge is 2.27. The molecule has 2 aromatic carbocycles. The lowest BCUT2D eigenvalue weighted by atomic mass is 10.1. The number of nitrogens with zero attached hydrogens (tertiary/aromatic N) is 2. The summed E-state index contributed by atoms with van der Waals surface area (Å²) in [4.78, 5) is 38.8. The summed E-state index contributed by atoms with van der Waals surface area (Å²) in [6.45, 7) is 0.0450. The molecule has 3 rings (SSSR count). The predicted molar refractivity (Wildman–Crippen MR) is 110 cm³/mol. The van der Waals surface area contributed by atoms with Crippen LogP contribution in [0.2, 0.25) is 0 Å². The summed E-state index contributed by atoms with van der Waals surface area (Å²) in [5.41, 5.74) is -0.467. The van der Waals surface area contributed by atoms with Crippen LogP contribution in [-0.4, -0.2) is 61.9 Å². The normalized spacial score (nSPS) is 13.7. The van der Waals surface area contributed by atoms with Crippen LogP contribution >= 0.6 is 0 Å². The van der Waals surface area contributed by atoms with Crippen LogP contribution in [-0.2, 0) is 16.1 Å². The molecule has 7 nitrogen and oxygen atoms in total. The summed E-state index contributed by atoms with van der Waals surface area (Å²) in [7, 11) is 0. The molecule has 1 aliphatic rings. The average Bonchev–Trinajstić information content (AvgIpc) is 2.82. The molecule has 1 N–H and O–H groups in total. The first kappa shape index (κ1) is 24.2. The fourth-order valence-electron chi connectivity index (χ4n) is 3.22. The van der Waals surface area contributed by atoms with Gasteiger partial charge in [-0.2, -0.15) is 8.78 Å². The summed E-state index contributed by atoms with van der Waals surface area (Å²) >= 11 is 0. The number of urea groups is 1. The largest absolute Gasteiger partial charge is 0.378 e. The van der Waals surface area contributed by atoms with Crippen molar-refractivity contribution in [3.8, 4) is 0 Å². The lowest BCUT2D eigenvalue weighted by Crippen LogP contribution is -2.48. The summed E-state index contributed by atoms with van der Waals surface area (Å²) < 4.78 is 59.3. The SMILES string of the molecule is O=C(CNC(=O)C(F)F)c1cc(F)c(CN(C(=O)N2CCOCC2)c2ccccc2)c(F)c1. The van der Waals surface area contributed by atoms with Crippen LogP contribution < -0.4 is 10.2 Å². The molecule has 0 bridgehead atoms. The van der Waals surface area contributed by atoms with Crippen LogP contribution in [0.15, 0.2) is 42.5 Å².